The van der Waals surface area contributed by atoms with Crippen LogP contribution in [0.5, 0.6) is 0 Å². The zero-order valence-corrected chi connectivity index (χ0v) is 17.4. The number of carbonyl (C=O) groups excluding carboxylic acids is 3. The Balaban J connectivity index is 4.32. The quantitative estimate of drug-likeness (QED) is 0.560. The predicted octanol–water partition coefficient (Wildman–Crippen LogP) is 1.46. The Morgan fingerprint density at radius 2 is 1.75 bits per heavy atom. The number of likely N-dealkylation sites (N-methyl/N-ethyl adjacent to an activating group) is 2. The number of rotatable bonds is 9. The SMILES string of the molecule is CN(C)C(=O)/C=C/CC[C@H](NC(=O)OCCN(C)C(=O)OC(C)(C)C)C(=O)O. The van der Waals surface area contributed by atoms with Crippen LogP contribution < -0.4 is 5.32 Å². The van der Waals surface area contributed by atoms with E-state index in [0.717, 1.165) is 0 Å². The second kappa shape index (κ2) is 11.8. The van der Waals surface area contributed by atoms with Crippen LogP contribution in [-0.4, -0.2) is 84.9 Å². The van der Waals surface area contributed by atoms with Gasteiger partial charge in [0.25, 0.3) is 0 Å². The number of amides is 3. The molecule has 0 aromatic rings. The van der Waals surface area contributed by atoms with Crippen molar-refractivity contribution in [2.75, 3.05) is 34.3 Å². The van der Waals surface area contributed by atoms with Crippen molar-refractivity contribution in [3.8, 4) is 0 Å². The molecule has 0 unspecified atom stereocenters. The number of aliphatic carboxylic acids is 1. The van der Waals surface area contributed by atoms with E-state index in [0.29, 0.717) is 0 Å². The number of hydrogen-bond acceptors (Lipinski definition) is 6. The van der Waals surface area contributed by atoms with Crippen LogP contribution in [0, 0.1) is 0 Å². The first-order chi connectivity index (χ1) is 12.8. The third kappa shape index (κ3) is 11.8. The summed E-state index contributed by atoms with van der Waals surface area (Å²) in [5.41, 5.74) is -0.635. The van der Waals surface area contributed by atoms with Gasteiger partial charge < -0.3 is 29.7 Å². The van der Waals surface area contributed by atoms with Crippen molar-refractivity contribution < 1.29 is 33.8 Å². The molecule has 0 aliphatic rings. The van der Waals surface area contributed by atoms with Crippen LogP contribution in [0.4, 0.5) is 9.59 Å². The van der Waals surface area contributed by atoms with E-state index < -0.39 is 29.8 Å². The largest absolute Gasteiger partial charge is 0.480 e. The van der Waals surface area contributed by atoms with Gasteiger partial charge in [0.2, 0.25) is 5.91 Å². The standard InChI is InChI=1S/C18H31N3O7/c1-18(2,3)28-17(26)21(6)11-12-27-16(25)19-13(15(23)24)9-7-8-10-14(22)20(4)5/h8,10,13H,7,9,11-12H2,1-6H3,(H,19,25)(H,23,24)/b10-8+/t13-/m0/s1. The monoisotopic (exact) mass is 401 g/mol. The molecule has 0 aromatic carbocycles. The minimum atomic E-state index is -1.21. The number of nitrogens with one attached hydrogen (secondary N) is 1. The van der Waals surface area contributed by atoms with Gasteiger partial charge in [-0.15, -0.1) is 0 Å². The van der Waals surface area contributed by atoms with Crippen molar-refractivity contribution in [3.63, 3.8) is 0 Å². The Morgan fingerprint density at radius 3 is 2.25 bits per heavy atom. The van der Waals surface area contributed by atoms with E-state index >= 15 is 0 Å². The van der Waals surface area contributed by atoms with E-state index in [2.05, 4.69) is 5.32 Å². The second-order valence-electron chi connectivity index (χ2n) is 7.29. The van der Waals surface area contributed by atoms with Crippen molar-refractivity contribution in [1.29, 1.82) is 0 Å². The molecule has 0 heterocycles. The first-order valence-corrected chi connectivity index (χ1v) is 8.81. The third-order valence-corrected chi connectivity index (χ3v) is 3.28. The van der Waals surface area contributed by atoms with E-state index in [1.165, 1.54) is 22.9 Å². The Morgan fingerprint density at radius 1 is 1.14 bits per heavy atom. The van der Waals surface area contributed by atoms with Crippen LogP contribution in [0.3, 0.4) is 0 Å². The number of alkyl carbamates (subject to hydrolysis) is 1. The summed E-state index contributed by atoms with van der Waals surface area (Å²) in [6, 6.07) is -1.16. The first kappa shape index (κ1) is 25.2. The van der Waals surface area contributed by atoms with Crippen molar-refractivity contribution in [2.45, 2.75) is 45.3 Å². The van der Waals surface area contributed by atoms with Gasteiger partial charge in [0.05, 0.1) is 6.54 Å². The number of carboxylic acid groups (broad SMARTS) is 1. The van der Waals surface area contributed by atoms with Gasteiger partial charge in [0.15, 0.2) is 0 Å². The van der Waals surface area contributed by atoms with Gasteiger partial charge >= 0.3 is 18.2 Å². The van der Waals surface area contributed by atoms with E-state index in [9.17, 15) is 24.3 Å². The van der Waals surface area contributed by atoms with E-state index in [1.54, 1.807) is 40.9 Å². The summed E-state index contributed by atoms with van der Waals surface area (Å²) in [6.45, 7) is 5.18. The average Bonchev–Trinajstić information content (AvgIpc) is 2.55. The number of hydrogen-bond donors (Lipinski definition) is 2. The number of carboxylic acids is 1. The van der Waals surface area contributed by atoms with Gasteiger partial charge in [-0.05, 0) is 39.7 Å². The molecule has 0 spiro atoms. The minimum Gasteiger partial charge on any atom is -0.480 e. The van der Waals surface area contributed by atoms with Crippen LogP contribution >= 0.6 is 0 Å². The van der Waals surface area contributed by atoms with Crippen LogP contribution in [0.1, 0.15) is 33.6 Å². The molecule has 0 bridgehead atoms. The van der Waals surface area contributed by atoms with Crippen LogP contribution in [0.25, 0.3) is 0 Å². The molecule has 0 aliphatic heterocycles. The van der Waals surface area contributed by atoms with E-state index in [-0.39, 0.29) is 31.9 Å². The van der Waals surface area contributed by atoms with Crippen LogP contribution in [0.2, 0.25) is 0 Å². The highest BCUT2D eigenvalue weighted by molar-refractivity contribution is 5.87. The fourth-order valence-corrected chi connectivity index (χ4v) is 1.74. The van der Waals surface area contributed by atoms with Crippen molar-refractivity contribution in [3.05, 3.63) is 12.2 Å². The zero-order valence-electron chi connectivity index (χ0n) is 17.4. The van der Waals surface area contributed by atoms with Crippen LogP contribution in [0.15, 0.2) is 12.2 Å². The van der Waals surface area contributed by atoms with Gasteiger partial charge in [-0.3, -0.25) is 4.79 Å². The molecule has 28 heavy (non-hydrogen) atoms. The molecule has 0 rings (SSSR count). The summed E-state index contributed by atoms with van der Waals surface area (Å²) in [5, 5.41) is 11.4. The highest BCUT2D eigenvalue weighted by Gasteiger charge is 2.21. The topological polar surface area (TPSA) is 125 Å². The molecule has 10 heteroatoms. The summed E-state index contributed by atoms with van der Waals surface area (Å²) < 4.78 is 10.1. The molecule has 0 fully saturated rings. The second-order valence-corrected chi connectivity index (χ2v) is 7.29. The molecule has 0 radical (unpaired) electrons. The number of carbonyl (C=O) groups is 4. The number of allylic oxidation sites excluding steroid dienone is 1. The fraction of sp³-hybridized carbons (Fsp3) is 0.667. The van der Waals surface area contributed by atoms with Gasteiger partial charge in [-0.2, -0.15) is 0 Å². The Bertz CT molecular complexity index is 582. The van der Waals surface area contributed by atoms with Crippen molar-refractivity contribution in [2.24, 2.45) is 0 Å². The predicted molar refractivity (Wildman–Crippen MR) is 102 cm³/mol. The van der Waals surface area contributed by atoms with Gasteiger partial charge in [-0.1, -0.05) is 6.08 Å². The lowest BCUT2D eigenvalue weighted by atomic mass is 10.1. The lowest BCUT2D eigenvalue weighted by molar-refractivity contribution is -0.139. The minimum absolute atomic E-state index is 0.0927. The van der Waals surface area contributed by atoms with Gasteiger partial charge in [0.1, 0.15) is 18.2 Å². The summed E-state index contributed by atoms with van der Waals surface area (Å²) in [4.78, 5) is 48.8. The molecule has 2 N–H and O–H groups in total. The summed E-state index contributed by atoms with van der Waals surface area (Å²) >= 11 is 0. The Hall–Kier alpha value is -2.78. The maximum Gasteiger partial charge on any atom is 0.410 e. The average molecular weight is 401 g/mol. The lowest BCUT2D eigenvalue weighted by Crippen LogP contribution is -2.42. The smallest absolute Gasteiger partial charge is 0.410 e. The molecule has 0 saturated carbocycles. The lowest BCUT2D eigenvalue weighted by Gasteiger charge is -2.24. The molecule has 0 aliphatic carbocycles. The highest BCUT2D eigenvalue weighted by atomic mass is 16.6. The van der Waals surface area contributed by atoms with Crippen molar-refractivity contribution in [1.82, 2.24) is 15.1 Å². The molecule has 1 atom stereocenters. The fourth-order valence-electron chi connectivity index (χ4n) is 1.74. The zero-order chi connectivity index (χ0) is 21.9. The first-order valence-electron chi connectivity index (χ1n) is 8.81. The van der Waals surface area contributed by atoms with Gasteiger partial charge in [-0.25, -0.2) is 14.4 Å². The van der Waals surface area contributed by atoms with Gasteiger partial charge in [0, 0.05) is 21.1 Å². The van der Waals surface area contributed by atoms with Crippen LogP contribution in [-0.2, 0) is 19.1 Å². The van der Waals surface area contributed by atoms with E-state index in [4.69, 9.17) is 9.47 Å². The summed E-state index contributed by atoms with van der Waals surface area (Å²) in [7, 11) is 4.70. The maximum atomic E-state index is 11.8. The molecule has 3 amide bonds. The molecular weight excluding hydrogens is 370 g/mol. The highest BCUT2D eigenvalue weighted by Crippen LogP contribution is 2.08. The third-order valence-electron chi connectivity index (χ3n) is 3.28. The van der Waals surface area contributed by atoms with E-state index in [1.807, 2.05) is 0 Å². The molecule has 0 saturated heterocycles. The molecular formula is C18H31N3O7. The maximum absolute atomic E-state index is 11.8. The molecule has 160 valence electrons. The molecule has 10 nitrogen and oxygen atoms in total. The Kier molecular flexibility index (Phi) is 10.7. The molecule has 0 aromatic heterocycles. The van der Waals surface area contributed by atoms with Crippen molar-refractivity contribution >= 4 is 24.1 Å². The number of nitrogens with zero attached hydrogens (tertiary/aromatic N) is 2. The summed E-state index contributed by atoms with van der Waals surface area (Å²) in [5.74, 6) is -1.43. The number of ether oxygens (including phenoxy) is 2. The normalized spacial score (nSPS) is 12.2. The summed E-state index contributed by atoms with van der Waals surface area (Å²) in [6.07, 6.45) is 1.81. The Labute approximate surface area is 165 Å².